The Kier molecular flexibility index (Phi) is 6.53. The van der Waals surface area contributed by atoms with E-state index in [1.54, 1.807) is 0 Å². The maximum atomic E-state index is 11.4. The van der Waals surface area contributed by atoms with Crippen LogP contribution >= 0.6 is 0 Å². The van der Waals surface area contributed by atoms with E-state index in [2.05, 4.69) is 4.90 Å². The summed E-state index contributed by atoms with van der Waals surface area (Å²) in [5, 5.41) is 10.3. The lowest BCUT2D eigenvalue weighted by Crippen LogP contribution is -2.37. The van der Waals surface area contributed by atoms with Crippen molar-refractivity contribution in [3.8, 4) is 5.75 Å². The molecular weight excluding hydrogens is 314 g/mol. The molecule has 0 aliphatic carbocycles. The predicted octanol–water partition coefficient (Wildman–Crippen LogP) is 0.629. The van der Waals surface area contributed by atoms with Crippen LogP contribution in [0.15, 0.2) is 18.2 Å². The Morgan fingerprint density at radius 1 is 1.38 bits per heavy atom. The number of hydrogen-bond acceptors (Lipinski definition) is 6. The van der Waals surface area contributed by atoms with Gasteiger partial charge in [-0.1, -0.05) is 0 Å². The summed E-state index contributed by atoms with van der Waals surface area (Å²) in [4.78, 5) is 25.0. The Morgan fingerprint density at radius 3 is 2.71 bits per heavy atom. The van der Waals surface area contributed by atoms with Gasteiger partial charge in [0.15, 0.2) is 0 Å². The fourth-order valence-electron chi connectivity index (χ4n) is 2.42. The summed E-state index contributed by atoms with van der Waals surface area (Å²) < 4.78 is 11.0. The van der Waals surface area contributed by atoms with Crippen LogP contribution in [0.1, 0.15) is 23.7 Å². The average molecular weight is 337 g/mol. The normalized spacial score (nSPS) is 15.1. The van der Waals surface area contributed by atoms with Gasteiger partial charge in [0.05, 0.1) is 19.8 Å². The molecular formula is C16H23N3O5. The first-order valence-corrected chi connectivity index (χ1v) is 7.85. The van der Waals surface area contributed by atoms with Crippen LogP contribution in [0.25, 0.3) is 0 Å². The van der Waals surface area contributed by atoms with Crippen molar-refractivity contribution in [3.63, 3.8) is 0 Å². The van der Waals surface area contributed by atoms with Gasteiger partial charge in [-0.15, -0.1) is 0 Å². The van der Waals surface area contributed by atoms with Gasteiger partial charge in [-0.25, -0.2) is 0 Å². The Balaban J connectivity index is 1.98. The van der Waals surface area contributed by atoms with Crippen molar-refractivity contribution >= 4 is 17.5 Å². The Bertz CT molecular complexity index is 587. The van der Waals surface area contributed by atoms with E-state index in [0.717, 1.165) is 39.3 Å². The Labute approximate surface area is 140 Å². The average Bonchev–Trinajstić information content (AvgIpc) is 2.58. The van der Waals surface area contributed by atoms with E-state index in [4.69, 9.17) is 15.2 Å². The van der Waals surface area contributed by atoms with Gasteiger partial charge in [-0.3, -0.25) is 19.7 Å². The van der Waals surface area contributed by atoms with Crippen LogP contribution in [0.2, 0.25) is 0 Å². The molecule has 132 valence electrons. The van der Waals surface area contributed by atoms with E-state index >= 15 is 0 Å². The molecule has 24 heavy (non-hydrogen) atoms. The third-order valence-corrected chi connectivity index (χ3v) is 3.75. The molecule has 2 amide bonds. The minimum atomic E-state index is -0.605. The van der Waals surface area contributed by atoms with Gasteiger partial charge in [0.25, 0.3) is 0 Å². The molecule has 0 atom stereocenters. The largest absolute Gasteiger partial charge is 0.491 e. The van der Waals surface area contributed by atoms with Crippen molar-refractivity contribution in [1.82, 2.24) is 4.90 Å². The minimum absolute atomic E-state index is 0.180. The van der Waals surface area contributed by atoms with Gasteiger partial charge in [0.2, 0.25) is 11.8 Å². The lowest BCUT2D eigenvalue weighted by molar-refractivity contribution is -0.121. The maximum Gasteiger partial charge on any atom is 0.248 e. The van der Waals surface area contributed by atoms with Crippen LogP contribution in [0.5, 0.6) is 5.75 Å². The number of amides is 2. The van der Waals surface area contributed by atoms with Gasteiger partial charge < -0.3 is 15.2 Å². The standard InChI is InChI=1S/C16H23N3O5/c1-12(20)19(22)14-4-3-13(16(17)21)11-15(14)24-8-2-5-18-6-9-23-10-7-18/h3-4,11,22H,2,5-10H2,1H3,(H2,17,21). The molecule has 0 aromatic heterocycles. The van der Waals surface area contributed by atoms with Crippen LogP contribution in [0, 0.1) is 0 Å². The number of rotatable bonds is 7. The number of hydrogen-bond donors (Lipinski definition) is 2. The summed E-state index contributed by atoms with van der Waals surface area (Å²) in [7, 11) is 0. The van der Waals surface area contributed by atoms with Crippen LogP contribution in [-0.2, 0) is 9.53 Å². The maximum absolute atomic E-state index is 11.4. The molecule has 0 bridgehead atoms. The second-order valence-corrected chi connectivity index (χ2v) is 5.53. The molecule has 3 N–H and O–H groups in total. The summed E-state index contributed by atoms with van der Waals surface area (Å²) in [5.74, 6) is -0.919. The third kappa shape index (κ3) is 4.92. The summed E-state index contributed by atoms with van der Waals surface area (Å²) in [6.45, 7) is 5.76. The zero-order valence-corrected chi connectivity index (χ0v) is 13.7. The molecule has 0 saturated carbocycles. The molecule has 1 heterocycles. The number of anilines is 1. The Hall–Kier alpha value is -2.16. The summed E-state index contributed by atoms with van der Waals surface area (Å²) >= 11 is 0. The molecule has 2 rings (SSSR count). The molecule has 1 aromatic carbocycles. The van der Waals surface area contributed by atoms with E-state index in [-0.39, 0.29) is 17.0 Å². The van der Waals surface area contributed by atoms with E-state index < -0.39 is 11.8 Å². The highest BCUT2D eigenvalue weighted by molar-refractivity contribution is 5.96. The van der Waals surface area contributed by atoms with Gasteiger partial charge >= 0.3 is 0 Å². The van der Waals surface area contributed by atoms with E-state index in [0.29, 0.717) is 11.7 Å². The van der Waals surface area contributed by atoms with Crippen molar-refractivity contribution < 1.29 is 24.3 Å². The monoisotopic (exact) mass is 337 g/mol. The van der Waals surface area contributed by atoms with Gasteiger partial charge in [0.1, 0.15) is 11.4 Å². The highest BCUT2D eigenvalue weighted by Crippen LogP contribution is 2.29. The number of ether oxygens (including phenoxy) is 2. The van der Waals surface area contributed by atoms with E-state index in [9.17, 15) is 14.8 Å². The van der Waals surface area contributed by atoms with Gasteiger partial charge in [-0.2, -0.15) is 5.06 Å². The van der Waals surface area contributed by atoms with Crippen LogP contribution in [0.3, 0.4) is 0 Å². The molecule has 8 heteroatoms. The second-order valence-electron chi connectivity index (χ2n) is 5.53. The van der Waals surface area contributed by atoms with Gasteiger partial charge in [0, 0.05) is 32.1 Å². The molecule has 0 spiro atoms. The number of nitrogens with zero attached hydrogens (tertiary/aromatic N) is 2. The van der Waals surface area contributed by atoms with Crippen molar-refractivity contribution in [2.75, 3.05) is 44.5 Å². The molecule has 1 fully saturated rings. The molecule has 1 aromatic rings. The molecule has 8 nitrogen and oxygen atoms in total. The summed E-state index contributed by atoms with van der Waals surface area (Å²) in [6.07, 6.45) is 0.770. The first kappa shape index (κ1) is 18.2. The molecule has 1 aliphatic heterocycles. The number of benzene rings is 1. The number of morpholine rings is 1. The van der Waals surface area contributed by atoms with Crippen LogP contribution in [-0.4, -0.2) is 61.4 Å². The number of nitrogens with two attached hydrogens (primary N) is 1. The predicted molar refractivity (Wildman–Crippen MR) is 87.3 cm³/mol. The highest BCUT2D eigenvalue weighted by atomic mass is 16.5. The fourth-order valence-corrected chi connectivity index (χ4v) is 2.42. The molecule has 0 radical (unpaired) electrons. The fraction of sp³-hybridized carbons (Fsp3) is 0.500. The topological polar surface area (TPSA) is 105 Å². The van der Waals surface area contributed by atoms with Crippen molar-refractivity contribution in [2.24, 2.45) is 5.73 Å². The first-order chi connectivity index (χ1) is 11.5. The first-order valence-electron chi connectivity index (χ1n) is 7.85. The lowest BCUT2D eigenvalue weighted by Gasteiger charge is -2.26. The minimum Gasteiger partial charge on any atom is -0.491 e. The summed E-state index contributed by atoms with van der Waals surface area (Å²) in [5.41, 5.74) is 5.69. The third-order valence-electron chi connectivity index (χ3n) is 3.75. The quantitative estimate of drug-likeness (QED) is 0.429. The van der Waals surface area contributed by atoms with E-state index in [1.165, 1.54) is 25.1 Å². The van der Waals surface area contributed by atoms with E-state index in [1.807, 2.05) is 0 Å². The van der Waals surface area contributed by atoms with Crippen molar-refractivity contribution in [1.29, 1.82) is 0 Å². The number of hydroxylamine groups is 1. The van der Waals surface area contributed by atoms with Crippen molar-refractivity contribution in [2.45, 2.75) is 13.3 Å². The molecule has 1 saturated heterocycles. The van der Waals surface area contributed by atoms with Gasteiger partial charge in [-0.05, 0) is 24.6 Å². The highest BCUT2D eigenvalue weighted by Gasteiger charge is 2.17. The summed E-state index contributed by atoms with van der Waals surface area (Å²) in [6, 6.07) is 4.29. The Morgan fingerprint density at radius 2 is 2.08 bits per heavy atom. The number of carbonyl (C=O) groups is 2. The number of primary amides is 1. The zero-order valence-electron chi connectivity index (χ0n) is 13.7. The van der Waals surface area contributed by atoms with Crippen LogP contribution in [0.4, 0.5) is 5.69 Å². The van der Waals surface area contributed by atoms with Crippen molar-refractivity contribution in [3.05, 3.63) is 23.8 Å². The number of carbonyl (C=O) groups excluding carboxylic acids is 2. The van der Waals surface area contributed by atoms with Crippen LogP contribution < -0.4 is 15.5 Å². The molecule has 1 aliphatic rings. The smallest absolute Gasteiger partial charge is 0.248 e. The SMILES string of the molecule is CC(=O)N(O)c1ccc(C(N)=O)cc1OCCCN1CCOCC1. The zero-order chi connectivity index (χ0) is 17.5. The second kappa shape index (κ2) is 8.62. The molecule has 0 unspecified atom stereocenters. The lowest BCUT2D eigenvalue weighted by atomic mass is 10.1.